The Morgan fingerprint density at radius 2 is 2.09 bits per heavy atom. The summed E-state index contributed by atoms with van der Waals surface area (Å²) < 4.78 is 0. The maximum absolute atomic E-state index is 10.8. The lowest BCUT2D eigenvalue weighted by Crippen LogP contribution is -2.03. The summed E-state index contributed by atoms with van der Waals surface area (Å²) in [6, 6.07) is 0. The van der Waals surface area contributed by atoms with Crippen LogP contribution in [-0.2, 0) is 4.79 Å². The molecule has 0 fully saturated rings. The van der Waals surface area contributed by atoms with E-state index in [1.54, 1.807) is 6.92 Å². The maximum Gasteiger partial charge on any atom is 0.132 e. The average molecular weight is 154 g/mol. The molecular weight excluding hydrogens is 136 g/mol. The van der Waals surface area contributed by atoms with Gasteiger partial charge < -0.3 is 0 Å². The fourth-order valence-corrected chi connectivity index (χ4v) is 0.751. The van der Waals surface area contributed by atoms with Crippen LogP contribution in [-0.4, -0.2) is 5.78 Å². The lowest BCUT2D eigenvalue weighted by Gasteiger charge is -2.00. The van der Waals surface area contributed by atoms with Gasteiger partial charge in [0.05, 0.1) is 0 Å². The standard InChI is InChI=1S/C10H18O/c1-4-5-6-7-8-9(2)10(3)11/h6-7,9H,4-5,8H2,1-3H3/b7-6+. The molecule has 1 unspecified atom stereocenters. The van der Waals surface area contributed by atoms with Crippen molar-refractivity contribution in [1.29, 1.82) is 0 Å². The van der Waals surface area contributed by atoms with Gasteiger partial charge in [-0.05, 0) is 19.8 Å². The van der Waals surface area contributed by atoms with E-state index in [1.165, 1.54) is 6.42 Å². The second-order valence-corrected chi connectivity index (χ2v) is 3.01. The first-order valence-corrected chi connectivity index (χ1v) is 4.34. The third-order valence-electron chi connectivity index (χ3n) is 1.81. The number of hydrogen-bond acceptors (Lipinski definition) is 1. The van der Waals surface area contributed by atoms with Crippen molar-refractivity contribution in [3.8, 4) is 0 Å². The molecule has 0 spiro atoms. The summed E-state index contributed by atoms with van der Waals surface area (Å²) in [6.07, 6.45) is 7.47. The number of ketones is 1. The summed E-state index contributed by atoms with van der Waals surface area (Å²) in [6.45, 7) is 5.77. The third kappa shape index (κ3) is 5.84. The number of unbranched alkanes of at least 4 members (excludes halogenated alkanes) is 1. The van der Waals surface area contributed by atoms with Gasteiger partial charge >= 0.3 is 0 Å². The zero-order chi connectivity index (χ0) is 8.69. The third-order valence-corrected chi connectivity index (χ3v) is 1.81. The number of allylic oxidation sites excluding steroid dienone is 2. The minimum absolute atomic E-state index is 0.197. The summed E-state index contributed by atoms with van der Waals surface area (Å²) in [5.74, 6) is 0.481. The van der Waals surface area contributed by atoms with Crippen molar-refractivity contribution >= 4 is 5.78 Å². The van der Waals surface area contributed by atoms with E-state index in [0.29, 0.717) is 0 Å². The Morgan fingerprint density at radius 1 is 1.45 bits per heavy atom. The average Bonchev–Trinajstić information content (AvgIpc) is 1.97. The predicted octanol–water partition coefficient (Wildman–Crippen LogP) is 2.96. The van der Waals surface area contributed by atoms with E-state index in [4.69, 9.17) is 0 Å². The van der Waals surface area contributed by atoms with Gasteiger partial charge in [0.15, 0.2) is 0 Å². The highest BCUT2D eigenvalue weighted by Gasteiger charge is 2.03. The van der Waals surface area contributed by atoms with E-state index in [0.717, 1.165) is 12.8 Å². The molecule has 0 bridgehead atoms. The van der Waals surface area contributed by atoms with E-state index in [1.807, 2.05) is 6.92 Å². The lowest BCUT2D eigenvalue weighted by atomic mass is 10.0. The first-order chi connectivity index (χ1) is 5.18. The zero-order valence-electron chi connectivity index (χ0n) is 7.76. The van der Waals surface area contributed by atoms with Gasteiger partial charge in [-0.15, -0.1) is 0 Å². The molecule has 0 rings (SSSR count). The van der Waals surface area contributed by atoms with Crippen molar-refractivity contribution < 1.29 is 4.79 Å². The van der Waals surface area contributed by atoms with Gasteiger partial charge in [0.2, 0.25) is 0 Å². The topological polar surface area (TPSA) is 17.1 Å². The van der Waals surface area contributed by atoms with E-state index < -0.39 is 0 Å². The summed E-state index contributed by atoms with van der Waals surface area (Å²) in [4.78, 5) is 10.8. The van der Waals surface area contributed by atoms with Gasteiger partial charge in [-0.25, -0.2) is 0 Å². The number of carbonyl (C=O) groups is 1. The largest absolute Gasteiger partial charge is 0.300 e. The Kier molecular flexibility index (Phi) is 5.81. The van der Waals surface area contributed by atoms with Crippen LogP contribution in [0, 0.1) is 5.92 Å². The van der Waals surface area contributed by atoms with E-state index >= 15 is 0 Å². The van der Waals surface area contributed by atoms with Gasteiger partial charge in [0, 0.05) is 5.92 Å². The van der Waals surface area contributed by atoms with Gasteiger partial charge in [-0.3, -0.25) is 4.79 Å². The molecule has 0 N–H and O–H groups in total. The zero-order valence-corrected chi connectivity index (χ0v) is 7.76. The minimum Gasteiger partial charge on any atom is -0.300 e. The number of hydrogen-bond donors (Lipinski definition) is 0. The molecule has 0 aromatic rings. The fourth-order valence-electron chi connectivity index (χ4n) is 0.751. The lowest BCUT2D eigenvalue weighted by molar-refractivity contribution is -0.120. The van der Waals surface area contributed by atoms with E-state index in [-0.39, 0.29) is 11.7 Å². The van der Waals surface area contributed by atoms with E-state index in [9.17, 15) is 4.79 Å². The molecular formula is C10H18O. The summed E-state index contributed by atoms with van der Waals surface area (Å²) in [7, 11) is 0. The Morgan fingerprint density at radius 3 is 2.55 bits per heavy atom. The Hall–Kier alpha value is -0.590. The van der Waals surface area contributed by atoms with Crippen molar-refractivity contribution in [1.82, 2.24) is 0 Å². The molecule has 0 aromatic heterocycles. The summed E-state index contributed by atoms with van der Waals surface area (Å²) in [5, 5.41) is 0. The number of carbonyl (C=O) groups excluding carboxylic acids is 1. The first-order valence-electron chi connectivity index (χ1n) is 4.34. The molecule has 0 aromatic carbocycles. The second kappa shape index (κ2) is 6.14. The minimum atomic E-state index is 0.197. The Bertz CT molecular complexity index is 136. The van der Waals surface area contributed by atoms with Crippen molar-refractivity contribution in [2.45, 2.75) is 40.0 Å². The smallest absolute Gasteiger partial charge is 0.132 e. The summed E-state index contributed by atoms with van der Waals surface area (Å²) in [5.41, 5.74) is 0. The van der Waals surface area contributed by atoms with Crippen LogP contribution in [0.5, 0.6) is 0 Å². The highest BCUT2D eigenvalue weighted by molar-refractivity contribution is 5.77. The van der Waals surface area contributed by atoms with Crippen LogP contribution in [0.4, 0.5) is 0 Å². The predicted molar refractivity (Wildman–Crippen MR) is 48.5 cm³/mol. The molecule has 0 saturated heterocycles. The molecule has 0 saturated carbocycles. The normalized spacial score (nSPS) is 13.7. The highest BCUT2D eigenvalue weighted by Crippen LogP contribution is 2.04. The van der Waals surface area contributed by atoms with E-state index in [2.05, 4.69) is 19.1 Å². The van der Waals surface area contributed by atoms with Crippen molar-refractivity contribution in [3.63, 3.8) is 0 Å². The van der Waals surface area contributed by atoms with Gasteiger partial charge in [0.1, 0.15) is 5.78 Å². The van der Waals surface area contributed by atoms with Gasteiger partial charge in [0.25, 0.3) is 0 Å². The molecule has 0 aliphatic carbocycles. The molecule has 1 heteroatoms. The van der Waals surface area contributed by atoms with Crippen LogP contribution in [0.3, 0.4) is 0 Å². The molecule has 0 aliphatic heterocycles. The van der Waals surface area contributed by atoms with Crippen LogP contribution in [0.15, 0.2) is 12.2 Å². The highest BCUT2D eigenvalue weighted by atomic mass is 16.1. The maximum atomic E-state index is 10.8. The number of rotatable bonds is 5. The molecule has 1 atom stereocenters. The molecule has 0 heterocycles. The van der Waals surface area contributed by atoms with Crippen LogP contribution in [0.25, 0.3) is 0 Å². The SMILES string of the molecule is CCC/C=C/CC(C)C(C)=O. The molecule has 64 valence electrons. The first kappa shape index (κ1) is 10.4. The summed E-state index contributed by atoms with van der Waals surface area (Å²) >= 11 is 0. The molecule has 1 nitrogen and oxygen atoms in total. The Balaban J connectivity index is 3.44. The van der Waals surface area contributed by atoms with Crippen molar-refractivity contribution in [2.75, 3.05) is 0 Å². The van der Waals surface area contributed by atoms with Gasteiger partial charge in [-0.2, -0.15) is 0 Å². The van der Waals surface area contributed by atoms with Crippen LogP contribution in [0.2, 0.25) is 0 Å². The molecule has 0 radical (unpaired) electrons. The quantitative estimate of drug-likeness (QED) is 0.556. The molecule has 0 aliphatic rings. The Labute approximate surface area is 69.5 Å². The molecule has 11 heavy (non-hydrogen) atoms. The van der Waals surface area contributed by atoms with Gasteiger partial charge in [-0.1, -0.05) is 32.4 Å². The fraction of sp³-hybridized carbons (Fsp3) is 0.700. The van der Waals surface area contributed by atoms with Crippen molar-refractivity contribution in [3.05, 3.63) is 12.2 Å². The van der Waals surface area contributed by atoms with Crippen LogP contribution < -0.4 is 0 Å². The monoisotopic (exact) mass is 154 g/mol. The second-order valence-electron chi connectivity index (χ2n) is 3.01. The van der Waals surface area contributed by atoms with Crippen LogP contribution >= 0.6 is 0 Å². The number of Topliss-reactive ketones (excluding diaryl/α,β-unsaturated/α-hetero) is 1. The van der Waals surface area contributed by atoms with Crippen LogP contribution in [0.1, 0.15) is 40.0 Å². The van der Waals surface area contributed by atoms with Crippen molar-refractivity contribution in [2.24, 2.45) is 5.92 Å². The molecule has 0 amide bonds.